The summed E-state index contributed by atoms with van der Waals surface area (Å²) in [4.78, 5) is 28.1. The van der Waals surface area contributed by atoms with Crippen LogP contribution in [0.25, 0.3) is 22.3 Å². The van der Waals surface area contributed by atoms with Crippen LogP contribution < -0.4 is 5.73 Å². The Balaban J connectivity index is 1.35. The largest absolute Gasteiger partial charge is 0.383 e. The molecule has 8 nitrogen and oxygen atoms in total. The second kappa shape index (κ2) is 7.99. The van der Waals surface area contributed by atoms with E-state index in [1.807, 2.05) is 12.1 Å². The Kier molecular flexibility index (Phi) is 5.01. The first-order chi connectivity index (χ1) is 15.5. The molecule has 1 fully saturated rings. The molecule has 162 valence electrons. The average molecular weight is 432 g/mol. The van der Waals surface area contributed by atoms with Gasteiger partial charge in [0.05, 0.1) is 5.39 Å². The van der Waals surface area contributed by atoms with Crippen LogP contribution in [0.2, 0.25) is 0 Å². The van der Waals surface area contributed by atoms with Crippen LogP contribution in [0.3, 0.4) is 0 Å². The van der Waals surface area contributed by atoms with Crippen LogP contribution in [0.4, 0.5) is 10.2 Å². The number of benzene rings is 1. The molecule has 2 N–H and O–H groups in total. The number of anilines is 1. The summed E-state index contributed by atoms with van der Waals surface area (Å²) in [5.74, 6) is 0.663. The van der Waals surface area contributed by atoms with E-state index in [4.69, 9.17) is 15.2 Å². The summed E-state index contributed by atoms with van der Waals surface area (Å²) in [6.07, 6.45) is 1.76. The number of hydrogen-bond donors (Lipinski definition) is 1. The molecule has 0 saturated carbocycles. The molecule has 4 aromatic rings. The molecule has 3 aromatic heterocycles. The van der Waals surface area contributed by atoms with Crippen LogP contribution in [0.5, 0.6) is 0 Å². The monoisotopic (exact) mass is 432 g/mol. The van der Waals surface area contributed by atoms with Gasteiger partial charge in [-0.2, -0.15) is 0 Å². The number of pyridine rings is 1. The van der Waals surface area contributed by atoms with Gasteiger partial charge < -0.3 is 15.2 Å². The molecule has 0 aliphatic carbocycles. The zero-order valence-corrected chi connectivity index (χ0v) is 17.5. The van der Waals surface area contributed by atoms with E-state index in [0.29, 0.717) is 41.6 Å². The Morgan fingerprint density at radius 2 is 1.97 bits per heavy atom. The van der Waals surface area contributed by atoms with E-state index >= 15 is 0 Å². The number of rotatable bonds is 3. The fraction of sp³-hybridized carbons (Fsp3) is 0.261. The quantitative estimate of drug-likeness (QED) is 0.525. The first-order valence-electron chi connectivity index (χ1n) is 10.4. The Hall–Kier alpha value is -3.88. The minimum Gasteiger partial charge on any atom is -0.383 e. The predicted molar refractivity (Wildman–Crippen MR) is 116 cm³/mol. The van der Waals surface area contributed by atoms with Crippen LogP contribution in [0.1, 0.15) is 40.8 Å². The van der Waals surface area contributed by atoms with Crippen molar-refractivity contribution in [2.45, 2.75) is 25.7 Å². The number of aromatic nitrogens is 4. The molecule has 1 aromatic carbocycles. The Morgan fingerprint density at radius 1 is 1.16 bits per heavy atom. The van der Waals surface area contributed by atoms with Crippen LogP contribution in [-0.4, -0.2) is 44.0 Å². The Morgan fingerprint density at radius 3 is 2.78 bits per heavy atom. The molecule has 0 bridgehead atoms. The number of carbonyl (C=O) groups is 1. The van der Waals surface area contributed by atoms with Gasteiger partial charge in [0, 0.05) is 36.3 Å². The number of aryl methyl sites for hydroxylation is 1. The summed E-state index contributed by atoms with van der Waals surface area (Å²) >= 11 is 0. The number of nitrogens with zero attached hydrogens (tertiary/aromatic N) is 5. The summed E-state index contributed by atoms with van der Waals surface area (Å²) in [7, 11) is 0. The molecule has 1 saturated heterocycles. The third kappa shape index (κ3) is 3.77. The minimum atomic E-state index is -0.334. The van der Waals surface area contributed by atoms with Crippen LogP contribution >= 0.6 is 0 Å². The summed E-state index contributed by atoms with van der Waals surface area (Å²) in [5.41, 5.74) is 8.60. The number of amides is 1. The van der Waals surface area contributed by atoms with Crippen molar-refractivity contribution in [3.8, 4) is 11.3 Å². The van der Waals surface area contributed by atoms with Crippen LogP contribution in [0, 0.1) is 12.7 Å². The fourth-order valence-corrected chi connectivity index (χ4v) is 4.08. The summed E-state index contributed by atoms with van der Waals surface area (Å²) in [6.45, 7) is 2.93. The number of nitrogen functional groups attached to an aromatic ring is 1. The normalized spacial score (nSPS) is 16.4. The third-order valence-electron chi connectivity index (χ3n) is 5.71. The van der Waals surface area contributed by atoms with Crippen molar-refractivity contribution in [2.75, 3.05) is 18.8 Å². The van der Waals surface area contributed by atoms with Crippen molar-refractivity contribution >= 4 is 22.8 Å². The van der Waals surface area contributed by atoms with Crippen molar-refractivity contribution in [1.29, 1.82) is 0 Å². The van der Waals surface area contributed by atoms with Gasteiger partial charge in [-0.1, -0.05) is 5.16 Å². The third-order valence-corrected chi connectivity index (χ3v) is 5.71. The number of hydrogen-bond acceptors (Lipinski definition) is 7. The second-order valence-corrected chi connectivity index (χ2v) is 7.94. The van der Waals surface area contributed by atoms with Gasteiger partial charge in [0.25, 0.3) is 5.91 Å². The highest BCUT2D eigenvalue weighted by atomic mass is 19.1. The highest BCUT2D eigenvalue weighted by Gasteiger charge is 2.29. The first kappa shape index (κ1) is 20.0. The number of piperidine rings is 1. The summed E-state index contributed by atoms with van der Waals surface area (Å²) < 4.78 is 18.5. The van der Waals surface area contributed by atoms with Crippen LogP contribution in [0.15, 0.2) is 47.0 Å². The van der Waals surface area contributed by atoms with Gasteiger partial charge in [-0.25, -0.2) is 19.3 Å². The molecule has 0 radical (unpaired) electrons. The van der Waals surface area contributed by atoms with Crippen LogP contribution in [-0.2, 0) is 0 Å². The van der Waals surface area contributed by atoms with Gasteiger partial charge in [-0.05, 0) is 56.2 Å². The van der Waals surface area contributed by atoms with E-state index < -0.39 is 0 Å². The summed E-state index contributed by atoms with van der Waals surface area (Å²) in [6, 6.07) is 11.3. The molecule has 0 unspecified atom stereocenters. The molecule has 1 atom stereocenters. The van der Waals surface area contributed by atoms with E-state index in [1.165, 1.54) is 12.1 Å². The molecule has 32 heavy (non-hydrogen) atoms. The maximum atomic E-state index is 13.2. The minimum absolute atomic E-state index is 0.0769. The number of likely N-dealkylation sites (tertiary alicyclic amines) is 1. The van der Waals surface area contributed by atoms with Crippen molar-refractivity contribution in [3.05, 3.63) is 65.6 Å². The highest BCUT2D eigenvalue weighted by Crippen LogP contribution is 2.29. The lowest BCUT2D eigenvalue weighted by atomic mass is 9.94. The molecule has 1 aliphatic heterocycles. The number of fused-ring (bicyclic) bond motifs is 1. The standard InChI is InChI=1S/C23H21FN6O2/c1-13-26-21(25)17-8-9-18(28-22(17)27-13)15-3-2-10-30(12-15)23(31)20-11-19(29-32-20)14-4-6-16(24)7-5-14/h4-9,11,15H,2-3,10,12H2,1H3,(H2,25,26,27,28)/t15-/m1/s1. The Labute approximate surface area is 183 Å². The van der Waals surface area contributed by atoms with Crippen molar-refractivity contribution in [1.82, 2.24) is 25.0 Å². The van der Waals surface area contributed by atoms with Gasteiger partial charge in [-0.3, -0.25) is 4.79 Å². The molecule has 0 spiro atoms. The molecule has 5 rings (SSSR count). The maximum Gasteiger partial charge on any atom is 0.292 e. The summed E-state index contributed by atoms with van der Waals surface area (Å²) in [5, 5.41) is 4.70. The van der Waals surface area contributed by atoms with E-state index in [9.17, 15) is 9.18 Å². The van der Waals surface area contributed by atoms with Gasteiger partial charge in [0.1, 0.15) is 23.2 Å². The van der Waals surface area contributed by atoms with E-state index in [2.05, 4.69) is 15.1 Å². The number of carbonyl (C=O) groups excluding carboxylic acids is 1. The van der Waals surface area contributed by atoms with Crippen molar-refractivity contribution in [2.24, 2.45) is 0 Å². The SMILES string of the molecule is Cc1nc(N)c2ccc([C@@H]3CCCN(C(=O)c4cc(-c5ccc(F)cc5)no4)C3)nc2n1. The number of nitrogens with two attached hydrogens (primary N) is 1. The van der Waals surface area contributed by atoms with Gasteiger partial charge >= 0.3 is 0 Å². The van der Waals surface area contributed by atoms with E-state index in [0.717, 1.165) is 23.9 Å². The topological polar surface area (TPSA) is 111 Å². The zero-order valence-electron chi connectivity index (χ0n) is 17.5. The molecule has 1 amide bonds. The smallest absolute Gasteiger partial charge is 0.292 e. The van der Waals surface area contributed by atoms with Gasteiger partial charge in [-0.15, -0.1) is 0 Å². The lowest BCUT2D eigenvalue weighted by Gasteiger charge is -2.31. The first-order valence-corrected chi connectivity index (χ1v) is 10.4. The maximum absolute atomic E-state index is 13.2. The molecular formula is C23H21FN6O2. The molecular weight excluding hydrogens is 411 g/mol. The van der Waals surface area contributed by atoms with E-state index in [1.54, 1.807) is 30.0 Å². The van der Waals surface area contributed by atoms with E-state index in [-0.39, 0.29) is 23.4 Å². The fourth-order valence-electron chi connectivity index (χ4n) is 4.08. The molecule has 4 heterocycles. The number of halogens is 1. The average Bonchev–Trinajstić information content (AvgIpc) is 3.29. The molecule has 9 heteroatoms. The van der Waals surface area contributed by atoms with Crippen molar-refractivity contribution < 1.29 is 13.7 Å². The van der Waals surface area contributed by atoms with Crippen molar-refractivity contribution in [3.63, 3.8) is 0 Å². The lowest BCUT2D eigenvalue weighted by molar-refractivity contribution is 0.0664. The lowest BCUT2D eigenvalue weighted by Crippen LogP contribution is -2.39. The zero-order chi connectivity index (χ0) is 22.2. The van der Waals surface area contributed by atoms with Gasteiger partial charge in [0.15, 0.2) is 5.65 Å². The van der Waals surface area contributed by atoms with Gasteiger partial charge in [0.2, 0.25) is 5.76 Å². The molecule has 1 aliphatic rings. The Bertz CT molecular complexity index is 1300. The highest BCUT2D eigenvalue weighted by molar-refractivity contribution is 5.92. The predicted octanol–water partition coefficient (Wildman–Crippen LogP) is 3.73. The second-order valence-electron chi connectivity index (χ2n) is 7.94.